The van der Waals surface area contributed by atoms with Gasteiger partial charge >= 0.3 is 0 Å². The number of amides is 3. The summed E-state index contributed by atoms with van der Waals surface area (Å²) in [6.45, 7) is 0.417. The maximum atomic E-state index is 14.5. The molecule has 46 heavy (non-hydrogen) atoms. The summed E-state index contributed by atoms with van der Waals surface area (Å²) in [5.41, 5.74) is 2.95. The second-order valence-electron chi connectivity index (χ2n) is 12.1. The minimum absolute atomic E-state index is 0.0831. The molecule has 2 aliphatic heterocycles. The highest BCUT2D eigenvalue weighted by atomic mass is 32.1. The lowest BCUT2D eigenvalue weighted by Gasteiger charge is -2.33. The van der Waals surface area contributed by atoms with Gasteiger partial charge in [-0.15, -0.1) is 0 Å². The van der Waals surface area contributed by atoms with E-state index < -0.39 is 18.1 Å². The number of thiocarbonyl (C=S) groups is 1. The molecule has 2 saturated heterocycles. The van der Waals surface area contributed by atoms with Crippen molar-refractivity contribution >= 4 is 35.1 Å². The number of nitrogens with zero attached hydrogens (tertiary/aromatic N) is 1. The van der Waals surface area contributed by atoms with Gasteiger partial charge in [0.1, 0.15) is 12.1 Å². The van der Waals surface area contributed by atoms with Gasteiger partial charge in [0, 0.05) is 25.6 Å². The van der Waals surface area contributed by atoms with Gasteiger partial charge in [-0.2, -0.15) is 0 Å². The Balaban J connectivity index is 1.39. The third-order valence-electron chi connectivity index (χ3n) is 9.22. The van der Waals surface area contributed by atoms with Crippen LogP contribution in [0, 0.1) is 5.92 Å². The number of carbonyl (C=O) groups excluding carboxylic acids is 3. The first-order valence-corrected chi connectivity index (χ1v) is 16.5. The number of benzene rings is 3. The molecule has 2 fully saturated rings. The number of hydrogen-bond donors (Lipinski definition) is 5. The SMILES string of the molecule is CNC(=S)NC[C@H]1CC[C@H]2CC[C@@H](C(=O)NC(c3ccccc3)c3ccccc3)N2C(=O)[C@H]1NC(=O)C(Cc1ccccc1)NC. The molecule has 10 heteroatoms. The molecule has 9 nitrogen and oxygen atoms in total. The first kappa shape index (κ1) is 33.1. The molecule has 5 rings (SSSR count). The van der Waals surface area contributed by atoms with Gasteiger partial charge in [-0.3, -0.25) is 14.4 Å². The molecule has 0 spiro atoms. The van der Waals surface area contributed by atoms with E-state index in [2.05, 4.69) is 26.6 Å². The topological polar surface area (TPSA) is 115 Å². The third-order valence-corrected chi connectivity index (χ3v) is 9.57. The fourth-order valence-corrected chi connectivity index (χ4v) is 6.81. The van der Waals surface area contributed by atoms with Crippen LogP contribution in [0.5, 0.6) is 0 Å². The molecule has 0 saturated carbocycles. The van der Waals surface area contributed by atoms with Gasteiger partial charge in [0.2, 0.25) is 17.7 Å². The molecule has 5 N–H and O–H groups in total. The highest BCUT2D eigenvalue weighted by Gasteiger charge is 2.48. The summed E-state index contributed by atoms with van der Waals surface area (Å²) in [5, 5.41) is 16.1. The van der Waals surface area contributed by atoms with E-state index in [1.54, 1.807) is 19.0 Å². The Bertz CT molecular complexity index is 1440. The maximum Gasteiger partial charge on any atom is 0.246 e. The van der Waals surface area contributed by atoms with Crippen LogP contribution in [0.15, 0.2) is 91.0 Å². The van der Waals surface area contributed by atoms with Crippen molar-refractivity contribution in [2.45, 2.75) is 62.3 Å². The zero-order valence-corrected chi connectivity index (χ0v) is 27.3. The normalized spacial score (nSPS) is 21.5. The minimum atomic E-state index is -0.816. The van der Waals surface area contributed by atoms with Gasteiger partial charge in [-0.25, -0.2) is 0 Å². The van der Waals surface area contributed by atoms with Gasteiger partial charge in [0.15, 0.2) is 5.11 Å². The van der Waals surface area contributed by atoms with Crippen molar-refractivity contribution in [1.29, 1.82) is 0 Å². The van der Waals surface area contributed by atoms with Gasteiger partial charge < -0.3 is 31.5 Å². The lowest BCUT2D eigenvalue weighted by atomic mass is 9.92. The first-order chi connectivity index (χ1) is 22.4. The number of rotatable bonds is 11. The molecule has 5 atom stereocenters. The van der Waals surface area contributed by atoms with Crippen LogP contribution in [0.25, 0.3) is 0 Å². The van der Waals surface area contributed by atoms with E-state index in [9.17, 15) is 14.4 Å². The second-order valence-corrected chi connectivity index (χ2v) is 12.5. The number of hydrogen-bond acceptors (Lipinski definition) is 5. The van der Waals surface area contributed by atoms with E-state index in [1.165, 1.54) is 0 Å². The molecule has 242 valence electrons. The van der Waals surface area contributed by atoms with Crippen molar-refractivity contribution in [1.82, 2.24) is 31.5 Å². The van der Waals surface area contributed by atoms with Crippen molar-refractivity contribution in [2.75, 3.05) is 20.6 Å². The predicted molar refractivity (Wildman–Crippen MR) is 184 cm³/mol. The zero-order valence-electron chi connectivity index (χ0n) is 26.4. The van der Waals surface area contributed by atoms with Crippen LogP contribution in [0.1, 0.15) is 48.4 Å². The van der Waals surface area contributed by atoms with E-state index in [1.807, 2.05) is 91.0 Å². The first-order valence-electron chi connectivity index (χ1n) is 16.1. The summed E-state index contributed by atoms with van der Waals surface area (Å²) in [6, 6.07) is 27.1. The van der Waals surface area contributed by atoms with Crippen LogP contribution in [0.3, 0.4) is 0 Å². The summed E-state index contributed by atoms with van der Waals surface area (Å²) in [7, 11) is 3.49. The molecule has 0 radical (unpaired) electrons. The number of nitrogens with one attached hydrogen (secondary N) is 5. The van der Waals surface area contributed by atoms with Crippen LogP contribution in [0.2, 0.25) is 0 Å². The summed E-state index contributed by atoms with van der Waals surface area (Å²) < 4.78 is 0. The number of carbonyl (C=O) groups is 3. The van der Waals surface area contributed by atoms with E-state index >= 15 is 0 Å². The zero-order chi connectivity index (χ0) is 32.5. The molecule has 3 amide bonds. The van der Waals surface area contributed by atoms with Crippen molar-refractivity contribution in [2.24, 2.45) is 5.92 Å². The van der Waals surface area contributed by atoms with Crippen LogP contribution < -0.4 is 26.6 Å². The fourth-order valence-electron chi connectivity index (χ4n) is 6.72. The summed E-state index contributed by atoms with van der Waals surface area (Å²) in [6.07, 6.45) is 3.22. The van der Waals surface area contributed by atoms with Crippen molar-refractivity contribution in [3.63, 3.8) is 0 Å². The van der Waals surface area contributed by atoms with E-state index in [0.717, 1.165) is 29.5 Å². The molecule has 0 aliphatic carbocycles. The smallest absolute Gasteiger partial charge is 0.246 e. The number of fused-ring (bicyclic) bond motifs is 1. The molecule has 1 unspecified atom stereocenters. The maximum absolute atomic E-state index is 14.5. The quantitative estimate of drug-likeness (QED) is 0.205. The van der Waals surface area contributed by atoms with Crippen molar-refractivity contribution < 1.29 is 14.4 Å². The Kier molecular flexibility index (Phi) is 11.4. The van der Waals surface area contributed by atoms with Gasteiger partial charge in [-0.05, 0) is 68.1 Å². The highest BCUT2D eigenvalue weighted by Crippen LogP contribution is 2.35. The molecule has 3 aromatic carbocycles. The summed E-state index contributed by atoms with van der Waals surface area (Å²) in [5.74, 6) is -0.879. The third kappa shape index (κ3) is 7.92. The number of likely N-dealkylation sites (N-methyl/N-ethyl adjacent to an activating group) is 1. The van der Waals surface area contributed by atoms with Crippen LogP contribution in [-0.2, 0) is 20.8 Å². The Morgan fingerprint density at radius 2 is 1.43 bits per heavy atom. The average molecular weight is 641 g/mol. The molecular formula is C36H44N6O3S. The molecular weight excluding hydrogens is 597 g/mol. The Morgan fingerprint density at radius 3 is 2.02 bits per heavy atom. The summed E-state index contributed by atoms with van der Waals surface area (Å²) in [4.78, 5) is 44.1. The Hall–Kier alpha value is -4.28. The molecule has 0 aromatic heterocycles. The average Bonchev–Trinajstić information content (AvgIpc) is 3.48. The molecule has 2 heterocycles. The molecule has 0 bridgehead atoms. The van der Waals surface area contributed by atoms with Crippen molar-refractivity contribution in [3.8, 4) is 0 Å². The van der Waals surface area contributed by atoms with Crippen LogP contribution >= 0.6 is 12.2 Å². The fraction of sp³-hybridized carbons (Fsp3) is 0.389. The van der Waals surface area contributed by atoms with Gasteiger partial charge in [-0.1, -0.05) is 91.0 Å². The lowest BCUT2D eigenvalue weighted by molar-refractivity contribution is -0.143. The lowest BCUT2D eigenvalue weighted by Crippen LogP contribution is -2.59. The monoisotopic (exact) mass is 640 g/mol. The van der Waals surface area contributed by atoms with Crippen LogP contribution in [0.4, 0.5) is 0 Å². The Labute approximate surface area is 276 Å². The van der Waals surface area contributed by atoms with Crippen molar-refractivity contribution in [3.05, 3.63) is 108 Å². The largest absolute Gasteiger partial charge is 0.366 e. The highest BCUT2D eigenvalue weighted by molar-refractivity contribution is 7.80. The second kappa shape index (κ2) is 15.8. The Morgan fingerprint density at radius 1 is 0.848 bits per heavy atom. The van der Waals surface area contributed by atoms with Gasteiger partial charge in [0.05, 0.1) is 12.1 Å². The van der Waals surface area contributed by atoms with E-state index in [-0.39, 0.29) is 35.7 Å². The van der Waals surface area contributed by atoms with E-state index in [0.29, 0.717) is 30.9 Å². The molecule has 2 aliphatic rings. The molecule has 3 aromatic rings. The minimum Gasteiger partial charge on any atom is -0.366 e. The van der Waals surface area contributed by atoms with Crippen LogP contribution in [-0.4, -0.2) is 72.5 Å². The summed E-state index contributed by atoms with van der Waals surface area (Å²) >= 11 is 5.33. The van der Waals surface area contributed by atoms with E-state index in [4.69, 9.17) is 12.2 Å². The predicted octanol–water partition coefficient (Wildman–Crippen LogP) is 3.07. The van der Waals surface area contributed by atoms with Gasteiger partial charge in [0.25, 0.3) is 0 Å². The standard InChI is InChI=1S/C36H44N6O3S/c1-37-29(22-24-12-6-3-7-13-24)33(43)41-32-27(23-39-36(46)38-2)18-19-28-20-21-30(42(28)35(32)45)34(44)40-31(25-14-8-4-9-15-25)26-16-10-5-11-17-26/h3-17,27-32,37H,18-23H2,1-2H3,(H,40,44)(H,41,43)(H2,38,39,46)/t27-,28+,29?,30+,32+/m1/s1.